The molecule has 0 unspecified atom stereocenters. The molecule has 3 aromatic carbocycles. The molecule has 0 aliphatic rings. The Hall–Kier alpha value is -3.02. The molecule has 20 heavy (non-hydrogen) atoms. The predicted octanol–water partition coefficient (Wildman–Crippen LogP) is 4.20. The van der Waals surface area contributed by atoms with Crippen molar-refractivity contribution in [2.45, 2.75) is 0 Å². The van der Waals surface area contributed by atoms with E-state index in [1.807, 2.05) is 0 Å². The molecule has 6 heteroatoms. The molecule has 2 N–H and O–H groups in total. The van der Waals surface area contributed by atoms with Gasteiger partial charge in [-0.3, -0.25) is 0 Å². The van der Waals surface area contributed by atoms with Crippen molar-refractivity contribution in [2.24, 2.45) is 10.4 Å². The molecule has 0 heterocycles. The lowest BCUT2D eigenvalue weighted by Crippen LogP contribution is -1.82. The third-order valence-corrected chi connectivity index (χ3v) is 3.26. The van der Waals surface area contributed by atoms with Gasteiger partial charge in [0.2, 0.25) is 0 Å². The highest BCUT2D eigenvalue weighted by atomic mass is 16.3. The minimum Gasteiger partial charge on any atom is -0.507 e. The molecule has 0 atom stereocenters. The van der Waals surface area contributed by atoms with E-state index in [9.17, 15) is 20.0 Å². The highest BCUT2D eigenvalue weighted by molar-refractivity contribution is 6.19. The zero-order chi connectivity index (χ0) is 14.3. The molecule has 3 aromatic rings. The number of phenolic OH excluding ortho intramolecular Hbond substituents is 2. The summed E-state index contributed by atoms with van der Waals surface area (Å²) in [6.07, 6.45) is 0. The van der Waals surface area contributed by atoms with Gasteiger partial charge in [-0.05, 0) is 22.5 Å². The molecule has 0 amide bonds. The first-order valence-electron chi connectivity index (χ1n) is 5.75. The standard InChI is InChI=1S/C14H8N2O4/c17-10-6-2-4-8-12(10)13(16-20)11-7(14(8)18)3-1-5-9(11)15-19/h1-6,17-18H. The molecule has 0 aromatic heterocycles. The van der Waals surface area contributed by atoms with Gasteiger partial charge in [-0.25, -0.2) is 0 Å². The first-order valence-corrected chi connectivity index (χ1v) is 5.75. The highest BCUT2D eigenvalue weighted by Crippen LogP contribution is 2.48. The van der Waals surface area contributed by atoms with Crippen molar-refractivity contribution in [3.63, 3.8) is 0 Å². The molecule has 3 rings (SSSR count). The highest BCUT2D eigenvalue weighted by Gasteiger charge is 2.19. The lowest BCUT2D eigenvalue weighted by Gasteiger charge is -2.10. The second-order valence-electron chi connectivity index (χ2n) is 4.28. The Kier molecular flexibility index (Phi) is 2.57. The maximum atomic E-state index is 11.2. The third kappa shape index (κ3) is 1.45. The van der Waals surface area contributed by atoms with Crippen LogP contribution in [0.15, 0.2) is 46.8 Å². The van der Waals surface area contributed by atoms with Gasteiger partial charge in [0.15, 0.2) is 0 Å². The van der Waals surface area contributed by atoms with Crippen LogP contribution in [0.2, 0.25) is 0 Å². The summed E-state index contributed by atoms with van der Waals surface area (Å²) < 4.78 is 0. The van der Waals surface area contributed by atoms with Crippen LogP contribution >= 0.6 is 0 Å². The van der Waals surface area contributed by atoms with Crippen molar-refractivity contribution in [2.75, 3.05) is 0 Å². The Balaban J connectivity index is 2.74. The summed E-state index contributed by atoms with van der Waals surface area (Å²) in [5.74, 6) is -0.334. The Labute approximate surface area is 112 Å². The average molecular weight is 268 g/mol. The first-order chi connectivity index (χ1) is 9.69. The van der Waals surface area contributed by atoms with Gasteiger partial charge in [0.05, 0.1) is 5.39 Å². The first kappa shape index (κ1) is 12.0. The topological polar surface area (TPSA) is 99.3 Å². The van der Waals surface area contributed by atoms with Crippen LogP contribution in [0.4, 0.5) is 11.4 Å². The zero-order valence-electron chi connectivity index (χ0n) is 10.1. The maximum Gasteiger partial charge on any atom is 0.131 e. The SMILES string of the molecule is O=Nc1cccc2c(O)c3cccc(O)c3c(N=O)c12. The number of benzene rings is 3. The number of aromatic hydroxyl groups is 2. The number of phenols is 2. The summed E-state index contributed by atoms with van der Waals surface area (Å²) in [6.45, 7) is 0. The van der Waals surface area contributed by atoms with Crippen LogP contribution in [-0.4, -0.2) is 10.2 Å². The van der Waals surface area contributed by atoms with Gasteiger partial charge in [-0.2, -0.15) is 0 Å². The van der Waals surface area contributed by atoms with E-state index in [1.165, 1.54) is 12.1 Å². The van der Waals surface area contributed by atoms with Gasteiger partial charge in [0.1, 0.15) is 22.9 Å². The van der Waals surface area contributed by atoms with E-state index in [-0.39, 0.29) is 44.4 Å². The molecule has 0 aliphatic carbocycles. The molecule has 0 radical (unpaired) electrons. The van der Waals surface area contributed by atoms with Gasteiger partial charge in [-0.15, -0.1) is 9.81 Å². The fraction of sp³-hybridized carbons (Fsp3) is 0. The van der Waals surface area contributed by atoms with E-state index >= 15 is 0 Å². The second kappa shape index (κ2) is 4.27. The Morgan fingerprint density at radius 2 is 1.45 bits per heavy atom. The van der Waals surface area contributed by atoms with Gasteiger partial charge in [0, 0.05) is 16.2 Å². The number of hydrogen-bond acceptors (Lipinski definition) is 6. The average Bonchev–Trinajstić information content (AvgIpc) is 2.48. The lowest BCUT2D eigenvalue weighted by molar-refractivity contribution is 0.478. The second-order valence-corrected chi connectivity index (χ2v) is 4.28. The van der Waals surface area contributed by atoms with Crippen LogP contribution < -0.4 is 0 Å². The summed E-state index contributed by atoms with van der Waals surface area (Å²) in [5, 5.41) is 26.8. The fourth-order valence-electron chi connectivity index (χ4n) is 2.41. The third-order valence-electron chi connectivity index (χ3n) is 3.26. The molecule has 0 bridgehead atoms. The van der Waals surface area contributed by atoms with E-state index in [0.29, 0.717) is 0 Å². The minimum atomic E-state index is -0.199. The molecular formula is C14H8N2O4. The smallest absolute Gasteiger partial charge is 0.131 e. The Morgan fingerprint density at radius 3 is 2.10 bits per heavy atom. The van der Waals surface area contributed by atoms with Crippen molar-refractivity contribution in [1.29, 1.82) is 0 Å². The molecule has 0 aliphatic heterocycles. The number of nitrogens with zero attached hydrogens (tertiary/aromatic N) is 2. The van der Waals surface area contributed by atoms with Crippen molar-refractivity contribution in [1.82, 2.24) is 0 Å². The van der Waals surface area contributed by atoms with Crippen LogP contribution in [0.3, 0.4) is 0 Å². The largest absolute Gasteiger partial charge is 0.507 e. The zero-order valence-corrected chi connectivity index (χ0v) is 10.1. The lowest BCUT2D eigenvalue weighted by atomic mass is 9.98. The van der Waals surface area contributed by atoms with Crippen LogP contribution in [0.1, 0.15) is 0 Å². The van der Waals surface area contributed by atoms with Crippen LogP contribution in [-0.2, 0) is 0 Å². The Morgan fingerprint density at radius 1 is 0.800 bits per heavy atom. The quantitative estimate of drug-likeness (QED) is 0.537. The fourth-order valence-corrected chi connectivity index (χ4v) is 2.41. The van der Waals surface area contributed by atoms with Gasteiger partial charge in [0.25, 0.3) is 0 Å². The summed E-state index contributed by atoms with van der Waals surface area (Å²) >= 11 is 0. The summed E-state index contributed by atoms with van der Waals surface area (Å²) in [5.41, 5.74) is -0.126. The maximum absolute atomic E-state index is 11.2. The molecular weight excluding hydrogens is 260 g/mol. The summed E-state index contributed by atoms with van der Waals surface area (Å²) in [6, 6.07) is 8.98. The van der Waals surface area contributed by atoms with Gasteiger partial charge >= 0.3 is 0 Å². The molecule has 0 spiro atoms. The van der Waals surface area contributed by atoms with E-state index in [2.05, 4.69) is 10.4 Å². The van der Waals surface area contributed by atoms with Crippen LogP contribution in [0, 0.1) is 9.81 Å². The molecule has 6 nitrogen and oxygen atoms in total. The number of rotatable bonds is 2. The molecule has 0 saturated heterocycles. The van der Waals surface area contributed by atoms with Crippen LogP contribution in [0.25, 0.3) is 21.5 Å². The molecule has 0 saturated carbocycles. The van der Waals surface area contributed by atoms with Crippen molar-refractivity contribution < 1.29 is 10.2 Å². The monoisotopic (exact) mass is 268 g/mol. The molecule has 0 fully saturated rings. The predicted molar refractivity (Wildman–Crippen MR) is 75.7 cm³/mol. The van der Waals surface area contributed by atoms with E-state index < -0.39 is 0 Å². The van der Waals surface area contributed by atoms with Gasteiger partial charge < -0.3 is 10.2 Å². The van der Waals surface area contributed by atoms with E-state index in [0.717, 1.165) is 0 Å². The number of hydrogen-bond donors (Lipinski definition) is 2. The van der Waals surface area contributed by atoms with E-state index in [1.54, 1.807) is 24.3 Å². The van der Waals surface area contributed by atoms with Crippen LogP contribution in [0.5, 0.6) is 11.5 Å². The van der Waals surface area contributed by atoms with Crippen molar-refractivity contribution in [3.8, 4) is 11.5 Å². The minimum absolute atomic E-state index is 0.0162. The van der Waals surface area contributed by atoms with Crippen molar-refractivity contribution in [3.05, 3.63) is 46.2 Å². The van der Waals surface area contributed by atoms with Crippen molar-refractivity contribution >= 4 is 32.9 Å². The summed E-state index contributed by atoms with van der Waals surface area (Å²) in [7, 11) is 0. The summed E-state index contributed by atoms with van der Waals surface area (Å²) in [4.78, 5) is 22.1. The normalized spacial score (nSPS) is 10.8. The number of fused-ring (bicyclic) bond motifs is 2. The number of nitroso groups, excluding NO2 is 2. The van der Waals surface area contributed by atoms with E-state index in [4.69, 9.17) is 0 Å². The Bertz CT molecular complexity index is 874. The molecule has 98 valence electrons. The van der Waals surface area contributed by atoms with Gasteiger partial charge in [-0.1, -0.05) is 24.3 Å².